The van der Waals surface area contributed by atoms with Crippen molar-refractivity contribution in [2.75, 3.05) is 5.32 Å². The van der Waals surface area contributed by atoms with E-state index in [9.17, 15) is 4.79 Å². The molecule has 1 rings (SSSR count). The second kappa shape index (κ2) is 4.29. The zero-order chi connectivity index (χ0) is 8.97. The first-order valence-corrected chi connectivity index (χ1v) is 6.21. The number of benzene rings is 1. The average molecular weight is 228 g/mol. The van der Waals surface area contributed by atoms with Crippen molar-refractivity contribution in [2.24, 2.45) is 0 Å². The van der Waals surface area contributed by atoms with Crippen molar-refractivity contribution in [1.29, 1.82) is 0 Å². The average Bonchev–Trinajstić information content (AvgIpc) is 2.04. The Hall–Kier alpha value is -0.791. The van der Waals surface area contributed by atoms with Crippen molar-refractivity contribution in [3.05, 3.63) is 24.3 Å². The molecule has 0 radical (unpaired) electrons. The van der Waals surface area contributed by atoms with Gasteiger partial charge < -0.3 is 0 Å². The molecule has 1 N–H and O–H groups in total. The van der Waals surface area contributed by atoms with E-state index in [0.29, 0.717) is 15.0 Å². The Kier molecular flexibility index (Phi) is 3.32. The van der Waals surface area contributed by atoms with Crippen LogP contribution in [0.25, 0.3) is 0 Å². The van der Waals surface area contributed by atoms with Crippen molar-refractivity contribution >= 4 is 31.0 Å². The van der Waals surface area contributed by atoms with Gasteiger partial charge in [0.05, 0.1) is 0 Å². The molecule has 1 amide bonds. The van der Waals surface area contributed by atoms with Crippen LogP contribution >= 0.6 is 0 Å². The second-order valence-electron chi connectivity index (χ2n) is 2.38. The van der Waals surface area contributed by atoms with Crippen LogP contribution in [0.3, 0.4) is 0 Å². The first-order chi connectivity index (χ1) is 5.74. The first-order valence-electron chi connectivity index (χ1n) is 3.64. The summed E-state index contributed by atoms with van der Waals surface area (Å²) in [5.41, 5.74) is 0.951. The van der Waals surface area contributed by atoms with Crippen LogP contribution in [0.1, 0.15) is 6.92 Å². The van der Waals surface area contributed by atoms with Gasteiger partial charge in [0.25, 0.3) is 0 Å². The molecule has 0 saturated carbocycles. The zero-order valence-electron chi connectivity index (χ0n) is 7.13. The molecule has 64 valence electrons. The van der Waals surface area contributed by atoms with Gasteiger partial charge in [-0.1, -0.05) is 0 Å². The minimum atomic E-state index is -0.00769. The number of rotatable bonds is 2. The number of para-hydroxylation sites is 1. The normalized spacial score (nSPS) is 9.50. The Morgan fingerprint density at radius 1 is 1.42 bits per heavy atom. The third kappa shape index (κ3) is 2.36. The van der Waals surface area contributed by atoms with Crippen molar-refractivity contribution in [3.63, 3.8) is 0 Å². The summed E-state index contributed by atoms with van der Waals surface area (Å²) < 4.78 is 1.24. The standard InChI is InChI=1S/C9H11NOSe/c1-7(11)10-8-5-3-4-6-9(8)12-2/h3-6H,1-2H3,(H,10,11). The van der Waals surface area contributed by atoms with Crippen LogP contribution in [-0.2, 0) is 4.79 Å². The van der Waals surface area contributed by atoms with E-state index in [0.717, 1.165) is 5.69 Å². The van der Waals surface area contributed by atoms with Crippen molar-refractivity contribution in [1.82, 2.24) is 0 Å². The van der Waals surface area contributed by atoms with Gasteiger partial charge in [-0.2, -0.15) is 0 Å². The maximum atomic E-state index is 10.8. The maximum absolute atomic E-state index is 10.8. The molecule has 0 aliphatic heterocycles. The van der Waals surface area contributed by atoms with E-state index in [1.807, 2.05) is 24.3 Å². The third-order valence-corrected chi connectivity index (χ3v) is 3.09. The van der Waals surface area contributed by atoms with Gasteiger partial charge in [-0.3, -0.25) is 0 Å². The van der Waals surface area contributed by atoms with Gasteiger partial charge in [-0.25, -0.2) is 0 Å². The molecule has 0 aliphatic carbocycles. The molecule has 3 heteroatoms. The Morgan fingerprint density at radius 2 is 2.08 bits per heavy atom. The van der Waals surface area contributed by atoms with Crippen molar-refractivity contribution in [3.8, 4) is 0 Å². The van der Waals surface area contributed by atoms with Crippen LogP contribution in [0.4, 0.5) is 5.69 Å². The summed E-state index contributed by atoms with van der Waals surface area (Å²) in [6.45, 7) is 1.53. The summed E-state index contributed by atoms with van der Waals surface area (Å²) in [6, 6.07) is 7.90. The van der Waals surface area contributed by atoms with Gasteiger partial charge in [-0.05, 0) is 0 Å². The molecular weight excluding hydrogens is 217 g/mol. The second-order valence-corrected chi connectivity index (χ2v) is 4.16. The Labute approximate surface area is 78.5 Å². The number of anilines is 1. The fourth-order valence-electron chi connectivity index (χ4n) is 0.938. The molecule has 0 bridgehead atoms. The Balaban J connectivity index is 2.89. The predicted octanol–water partition coefficient (Wildman–Crippen LogP) is 1.02. The van der Waals surface area contributed by atoms with Crippen molar-refractivity contribution in [2.45, 2.75) is 12.7 Å². The number of carbonyl (C=O) groups excluding carboxylic acids is 1. The number of hydrogen-bond acceptors (Lipinski definition) is 1. The van der Waals surface area contributed by atoms with Gasteiger partial charge in [0.15, 0.2) is 0 Å². The van der Waals surface area contributed by atoms with E-state index in [1.165, 1.54) is 11.4 Å². The molecular formula is C9H11NOSe. The third-order valence-electron chi connectivity index (χ3n) is 1.42. The van der Waals surface area contributed by atoms with Gasteiger partial charge in [0.2, 0.25) is 0 Å². The monoisotopic (exact) mass is 229 g/mol. The van der Waals surface area contributed by atoms with Crippen LogP contribution in [0, 0.1) is 0 Å². The van der Waals surface area contributed by atoms with E-state index < -0.39 is 0 Å². The fourth-order valence-corrected chi connectivity index (χ4v) is 2.10. The molecule has 0 spiro atoms. The Morgan fingerprint density at radius 3 is 2.67 bits per heavy atom. The van der Waals surface area contributed by atoms with E-state index in [-0.39, 0.29) is 5.91 Å². The van der Waals surface area contributed by atoms with E-state index >= 15 is 0 Å². The topological polar surface area (TPSA) is 29.1 Å². The quantitative estimate of drug-likeness (QED) is 0.752. The molecule has 0 aliphatic rings. The van der Waals surface area contributed by atoms with Crippen LogP contribution in [0.15, 0.2) is 24.3 Å². The molecule has 2 nitrogen and oxygen atoms in total. The summed E-state index contributed by atoms with van der Waals surface area (Å²) in [5, 5.41) is 2.80. The Bertz CT molecular complexity index is 286. The molecule has 0 aromatic heterocycles. The number of hydrogen-bond donors (Lipinski definition) is 1. The molecule has 0 saturated heterocycles. The van der Waals surface area contributed by atoms with Crippen LogP contribution in [0.2, 0.25) is 5.82 Å². The van der Waals surface area contributed by atoms with Crippen LogP contribution in [0.5, 0.6) is 0 Å². The summed E-state index contributed by atoms with van der Waals surface area (Å²) >= 11 is 0.430. The number of amides is 1. The minimum absolute atomic E-state index is 0.00769. The summed E-state index contributed by atoms with van der Waals surface area (Å²) in [4.78, 5) is 10.8. The summed E-state index contributed by atoms with van der Waals surface area (Å²) in [6.07, 6.45) is 0. The molecule has 0 unspecified atom stereocenters. The van der Waals surface area contributed by atoms with Gasteiger partial charge in [0.1, 0.15) is 0 Å². The van der Waals surface area contributed by atoms with Crippen molar-refractivity contribution < 1.29 is 4.79 Å². The SMILES string of the molecule is C[Se]c1ccccc1NC(C)=O. The molecule has 0 atom stereocenters. The molecule has 0 heterocycles. The summed E-state index contributed by atoms with van der Waals surface area (Å²) in [7, 11) is 0. The van der Waals surface area contributed by atoms with Crippen LogP contribution < -0.4 is 9.78 Å². The van der Waals surface area contributed by atoms with E-state index in [2.05, 4.69) is 11.1 Å². The number of nitrogens with one attached hydrogen (secondary N) is 1. The van der Waals surface area contributed by atoms with Gasteiger partial charge in [0, 0.05) is 0 Å². The molecule has 1 aromatic rings. The van der Waals surface area contributed by atoms with Gasteiger partial charge >= 0.3 is 78.1 Å². The predicted molar refractivity (Wildman–Crippen MR) is 52.0 cm³/mol. The zero-order valence-corrected chi connectivity index (χ0v) is 8.84. The molecule has 1 aromatic carbocycles. The van der Waals surface area contributed by atoms with E-state index in [1.54, 1.807) is 0 Å². The first kappa shape index (κ1) is 9.30. The van der Waals surface area contributed by atoms with E-state index in [4.69, 9.17) is 0 Å². The molecule has 0 fully saturated rings. The van der Waals surface area contributed by atoms with Crippen LogP contribution in [-0.4, -0.2) is 20.9 Å². The fraction of sp³-hybridized carbons (Fsp3) is 0.222. The number of carbonyl (C=O) groups is 1. The molecule has 12 heavy (non-hydrogen) atoms. The summed E-state index contributed by atoms with van der Waals surface area (Å²) in [5.74, 6) is 2.12. The van der Waals surface area contributed by atoms with Gasteiger partial charge in [-0.15, -0.1) is 0 Å².